The fourth-order valence-corrected chi connectivity index (χ4v) is 0.586. The minimum absolute atomic E-state index is 0.105. The van der Waals surface area contributed by atoms with E-state index >= 15 is 0 Å². The molecule has 5 nitrogen and oxygen atoms in total. The average molecular weight is 159 g/mol. The molecule has 0 amide bonds. The van der Waals surface area contributed by atoms with Crippen LogP contribution in [0, 0.1) is 0 Å². The van der Waals surface area contributed by atoms with E-state index in [0.29, 0.717) is 0 Å². The third-order valence-corrected chi connectivity index (χ3v) is 1.17. The minimum Gasteiger partial charge on any atom is -0.478 e. The summed E-state index contributed by atoms with van der Waals surface area (Å²) in [6.45, 7) is 1.53. The van der Waals surface area contributed by atoms with Gasteiger partial charge >= 0.3 is 11.9 Å². The third kappa shape index (κ3) is 2.29. The molecule has 0 fully saturated rings. The van der Waals surface area contributed by atoms with Gasteiger partial charge in [0.25, 0.3) is 0 Å². The minimum atomic E-state index is -1.40. The van der Waals surface area contributed by atoms with Gasteiger partial charge in [-0.3, -0.25) is 0 Å². The molecule has 0 radical (unpaired) electrons. The molecule has 0 heterocycles. The highest BCUT2D eigenvalue weighted by molar-refractivity contribution is 5.97. The Labute approximate surface area is 63.1 Å². The zero-order valence-corrected chi connectivity index (χ0v) is 6.00. The predicted octanol–water partition coefficient (Wildman–Crippen LogP) is -0.222. The van der Waals surface area contributed by atoms with Crippen LogP contribution in [0.15, 0.2) is 11.3 Å². The number of carbonyl (C=O) groups is 2. The highest BCUT2D eigenvalue weighted by Crippen LogP contribution is 2.04. The number of nitrogens with two attached hydrogens (primary N) is 1. The van der Waals surface area contributed by atoms with Crippen molar-refractivity contribution in [3.63, 3.8) is 0 Å². The van der Waals surface area contributed by atoms with Crippen molar-refractivity contribution in [3.8, 4) is 0 Å². The van der Waals surface area contributed by atoms with Crippen LogP contribution in [0.1, 0.15) is 13.3 Å². The molecule has 0 aromatic carbocycles. The molecule has 62 valence electrons. The zero-order chi connectivity index (χ0) is 9.02. The molecule has 0 aromatic rings. The normalized spacial score (nSPS) is 12.1. The van der Waals surface area contributed by atoms with Crippen molar-refractivity contribution in [3.05, 3.63) is 11.3 Å². The van der Waals surface area contributed by atoms with E-state index in [0.717, 1.165) is 0 Å². The van der Waals surface area contributed by atoms with Crippen LogP contribution in [-0.4, -0.2) is 22.2 Å². The molecule has 0 aromatic heterocycles. The van der Waals surface area contributed by atoms with Crippen LogP contribution in [0.3, 0.4) is 0 Å². The van der Waals surface area contributed by atoms with Crippen molar-refractivity contribution in [2.75, 3.05) is 0 Å². The molecule has 0 bridgehead atoms. The van der Waals surface area contributed by atoms with Crippen LogP contribution in [0.4, 0.5) is 0 Å². The second-order valence-electron chi connectivity index (χ2n) is 1.86. The second kappa shape index (κ2) is 3.60. The average Bonchev–Trinajstić information content (AvgIpc) is 1.88. The molecular weight excluding hydrogens is 150 g/mol. The lowest BCUT2D eigenvalue weighted by atomic mass is 10.1. The molecule has 0 saturated carbocycles. The van der Waals surface area contributed by atoms with E-state index in [1.165, 1.54) is 6.92 Å². The summed E-state index contributed by atoms with van der Waals surface area (Å²) < 4.78 is 0. The molecule has 0 unspecified atom stereocenters. The molecule has 11 heavy (non-hydrogen) atoms. The predicted molar refractivity (Wildman–Crippen MR) is 36.8 cm³/mol. The fraction of sp³-hybridized carbons (Fsp3) is 0.333. The van der Waals surface area contributed by atoms with Crippen LogP contribution in [0.5, 0.6) is 0 Å². The number of hydrogen-bond acceptors (Lipinski definition) is 3. The summed E-state index contributed by atoms with van der Waals surface area (Å²) in [6.07, 6.45) is 0.105. The second-order valence-corrected chi connectivity index (χ2v) is 1.86. The van der Waals surface area contributed by atoms with E-state index in [2.05, 4.69) is 0 Å². The van der Waals surface area contributed by atoms with Crippen LogP contribution in [0.25, 0.3) is 0 Å². The van der Waals surface area contributed by atoms with Gasteiger partial charge in [0.1, 0.15) is 5.70 Å². The maximum atomic E-state index is 10.3. The van der Waals surface area contributed by atoms with Crippen molar-refractivity contribution in [2.45, 2.75) is 13.3 Å². The lowest BCUT2D eigenvalue weighted by Crippen LogP contribution is -2.17. The Morgan fingerprint density at radius 1 is 1.27 bits per heavy atom. The summed E-state index contributed by atoms with van der Waals surface area (Å²) >= 11 is 0. The van der Waals surface area contributed by atoms with Gasteiger partial charge < -0.3 is 15.9 Å². The van der Waals surface area contributed by atoms with E-state index in [1.807, 2.05) is 0 Å². The van der Waals surface area contributed by atoms with Crippen molar-refractivity contribution in [1.82, 2.24) is 0 Å². The van der Waals surface area contributed by atoms with Crippen molar-refractivity contribution in [1.29, 1.82) is 0 Å². The van der Waals surface area contributed by atoms with E-state index in [-0.39, 0.29) is 12.0 Å². The summed E-state index contributed by atoms with van der Waals surface area (Å²) in [7, 11) is 0. The first-order chi connectivity index (χ1) is 5.00. The molecular formula is C6H9NO4. The van der Waals surface area contributed by atoms with E-state index in [9.17, 15) is 9.59 Å². The Balaban J connectivity index is 4.83. The van der Waals surface area contributed by atoms with E-state index < -0.39 is 17.6 Å². The van der Waals surface area contributed by atoms with Gasteiger partial charge in [0.05, 0.1) is 5.57 Å². The lowest BCUT2D eigenvalue weighted by Gasteiger charge is -1.99. The fourth-order valence-electron chi connectivity index (χ4n) is 0.586. The Hall–Kier alpha value is -1.52. The Bertz CT molecular complexity index is 219. The van der Waals surface area contributed by atoms with Crippen molar-refractivity contribution >= 4 is 11.9 Å². The van der Waals surface area contributed by atoms with Crippen LogP contribution >= 0.6 is 0 Å². The monoisotopic (exact) mass is 159 g/mol. The van der Waals surface area contributed by atoms with Crippen LogP contribution < -0.4 is 5.73 Å². The molecule has 0 spiro atoms. The smallest absolute Gasteiger partial charge is 0.352 e. The SMILES string of the molecule is CC/C(C(=O)O)=C(\N)C(=O)O. The van der Waals surface area contributed by atoms with Gasteiger partial charge in [-0.15, -0.1) is 0 Å². The molecule has 0 rings (SSSR count). The van der Waals surface area contributed by atoms with Gasteiger partial charge in [0, 0.05) is 0 Å². The standard InChI is InChI=1S/C6H9NO4/c1-2-3(5(8)9)4(7)6(10)11/h2,7H2,1H3,(H,8,9)(H,10,11)/b4-3+. The highest BCUT2D eigenvalue weighted by atomic mass is 16.4. The van der Waals surface area contributed by atoms with Gasteiger partial charge in [-0.2, -0.15) is 0 Å². The number of carboxylic acids is 2. The van der Waals surface area contributed by atoms with Gasteiger partial charge in [-0.25, -0.2) is 9.59 Å². The third-order valence-electron chi connectivity index (χ3n) is 1.17. The summed E-state index contributed by atoms with van der Waals surface area (Å²) in [4.78, 5) is 20.4. The molecule has 4 N–H and O–H groups in total. The quantitative estimate of drug-likeness (QED) is 0.494. The van der Waals surface area contributed by atoms with Gasteiger partial charge in [-0.1, -0.05) is 6.92 Å². The van der Waals surface area contributed by atoms with Crippen LogP contribution in [0.2, 0.25) is 0 Å². The molecule has 0 aliphatic heterocycles. The number of hydrogen-bond donors (Lipinski definition) is 3. The van der Waals surface area contributed by atoms with Crippen molar-refractivity contribution < 1.29 is 19.8 Å². The maximum Gasteiger partial charge on any atom is 0.352 e. The molecule has 0 atom stereocenters. The molecule has 0 aliphatic rings. The summed E-state index contributed by atoms with van der Waals surface area (Å²) in [5.41, 5.74) is 4.11. The topological polar surface area (TPSA) is 101 Å². The van der Waals surface area contributed by atoms with E-state index in [1.54, 1.807) is 0 Å². The zero-order valence-electron chi connectivity index (χ0n) is 6.00. The maximum absolute atomic E-state index is 10.3. The number of aliphatic carboxylic acids is 2. The first-order valence-electron chi connectivity index (χ1n) is 2.95. The van der Waals surface area contributed by atoms with Gasteiger partial charge in [0.15, 0.2) is 0 Å². The summed E-state index contributed by atoms with van der Waals surface area (Å²) in [5.74, 6) is -2.68. The first kappa shape index (κ1) is 9.48. The van der Waals surface area contributed by atoms with Crippen LogP contribution in [-0.2, 0) is 9.59 Å². The summed E-state index contributed by atoms with van der Waals surface area (Å²) in [6, 6.07) is 0. The summed E-state index contributed by atoms with van der Waals surface area (Å²) in [5, 5.41) is 16.7. The molecule has 5 heteroatoms. The van der Waals surface area contributed by atoms with Gasteiger partial charge in [0.2, 0.25) is 0 Å². The highest BCUT2D eigenvalue weighted by Gasteiger charge is 2.14. The Morgan fingerprint density at radius 2 is 1.73 bits per heavy atom. The Kier molecular flexibility index (Phi) is 3.10. The number of rotatable bonds is 3. The van der Waals surface area contributed by atoms with Crippen molar-refractivity contribution in [2.24, 2.45) is 5.73 Å². The number of carboxylic acid groups (broad SMARTS) is 2. The molecule has 0 aliphatic carbocycles. The molecule has 0 saturated heterocycles. The van der Waals surface area contributed by atoms with Gasteiger partial charge in [-0.05, 0) is 6.42 Å². The largest absolute Gasteiger partial charge is 0.478 e. The lowest BCUT2D eigenvalue weighted by molar-refractivity contribution is -0.136. The first-order valence-corrected chi connectivity index (χ1v) is 2.95. The van der Waals surface area contributed by atoms with E-state index in [4.69, 9.17) is 15.9 Å². The Morgan fingerprint density at radius 3 is 1.82 bits per heavy atom.